The van der Waals surface area contributed by atoms with Crippen LogP contribution in [0.5, 0.6) is 5.75 Å². The Balaban J connectivity index is 2.04. The van der Waals surface area contributed by atoms with E-state index < -0.39 is 10.4 Å². The number of fused-ring (bicyclic) bond motifs is 1. The summed E-state index contributed by atoms with van der Waals surface area (Å²) in [4.78, 5) is 0. The molecule has 2 rings (SSSR count). The van der Waals surface area contributed by atoms with Crippen molar-refractivity contribution in [1.29, 1.82) is 0 Å². The molecule has 1 N–H and O–H groups in total. The molecular weight excluding hydrogens is 256 g/mol. The van der Waals surface area contributed by atoms with Crippen LogP contribution in [0.2, 0.25) is 0 Å². The summed E-state index contributed by atoms with van der Waals surface area (Å²) in [6, 6.07) is 13.3. The molecule has 6 heteroatoms. The number of benzene rings is 2. The lowest BCUT2D eigenvalue weighted by molar-refractivity contribution is 0.203. The quantitative estimate of drug-likeness (QED) is 0.663. The second-order valence-corrected chi connectivity index (χ2v) is 4.67. The monoisotopic (exact) mass is 268 g/mol. The Morgan fingerprint density at radius 3 is 2.50 bits per heavy atom. The molecule has 0 aliphatic carbocycles. The average molecular weight is 268 g/mol. The van der Waals surface area contributed by atoms with Gasteiger partial charge in [0.25, 0.3) is 0 Å². The van der Waals surface area contributed by atoms with Crippen molar-refractivity contribution in [3.63, 3.8) is 0 Å². The van der Waals surface area contributed by atoms with Gasteiger partial charge in [-0.3, -0.25) is 4.55 Å². The summed E-state index contributed by atoms with van der Waals surface area (Å²) >= 11 is 0. The molecule has 0 unspecified atom stereocenters. The van der Waals surface area contributed by atoms with Gasteiger partial charge < -0.3 is 4.74 Å². The molecule has 0 fully saturated rings. The first-order valence-corrected chi connectivity index (χ1v) is 6.65. The number of ether oxygens (including phenoxy) is 1. The molecule has 96 valence electrons. The lowest BCUT2D eigenvalue weighted by atomic mass is 10.1. The highest BCUT2D eigenvalue weighted by Crippen LogP contribution is 2.24. The van der Waals surface area contributed by atoms with Crippen molar-refractivity contribution in [3.05, 3.63) is 42.5 Å². The van der Waals surface area contributed by atoms with Gasteiger partial charge in [-0.2, -0.15) is 8.42 Å². The maximum Gasteiger partial charge on any atom is 0.397 e. The molecule has 0 bridgehead atoms. The predicted molar refractivity (Wildman–Crippen MR) is 66.9 cm³/mol. The van der Waals surface area contributed by atoms with Crippen LogP contribution < -0.4 is 4.74 Å². The Bertz CT molecular complexity index is 630. The van der Waals surface area contributed by atoms with Gasteiger partial charge in [0, 0.05) is 5.39 Å². The third kappa shape index (κ3) is 3.43. The summed E-state index contributed by atoms with van der Waals surface area (Å²) in [5.41, 5.74) is 0. The highest BCUT2D eigenvalue weighted by Gasteiger charge is 2.05. The molecule has 2 aromatic carbocycles. The molecule has 5 nitrogen and oxygen atoms in total. The number of hydrogen-bond donors (Lipinski definition) is 1. The van der Waals surface area contributed by atoms with Crippen LogP contribution in [0.1, 0.15) is 0 Å². The first-order chi connectivity index (χ1) is 8.56. The fourth-order valence-corrected chi connectivity index (χ4v) is 1.89. The Morgan fingerprint density at radius 1 is 1.00 bits per heavy atom. The lowest BCUT2D eigenvalue weighted by Gasteiger charge is -2.08. The van der Waals surface area contributed by atoms with E-state index in [0.29, 0.717) is 5.75 Å². The standard InChI is InChI=1S/C12H12O5S/c13-18(14,15)17-9-8-16-12-7-3-5-10-4-1-2-6-11(10)12/h1-7H,8-9H2,(H,13,14,15). The van der Waals surface area contributed by atoms with Crippen LogP contribution in [0.25, 0.3) is 10.8 Å². The van der Waals surface area contributed by atoms with Gasteiger partial charge in [0.05, 0.1) is 0 Å². The van der Waals surface area contributed by atoms with Crippen molar-refractivity contribution in [2.24, 2.45) is 0 Å². The minimum atomic E-state index is -4.40. The van der Waals surface area contributed by atoms with E-state index in [1.807, 2.05) is 36.4 Å². The average Bonchev–Trinajstić information content (AvgIpc) is 2.33. The maximum atomic E-state index is 10.3. The molecule has 0 aliphatic rings. The third-order valence-corrected chi connectivity index (χ3v) is 2.79. The van der Waals surface area contributed by atoms with Crippen LogP contribution in [-0.2, 0) is 14.6 Å². The van der Waals surface area contributed by atoms with E-state index in [2.05, 4.69) is 4.18 Å². The molecule has 0 saturated carbocycles. The van der Waals surface area contributed by atoms with Crippen LogP contribution in [0.4, 0.5) is 0 Å². The summed E-state index contributed by atoms with van der Waals surface area (Å²) in [6.07, 6.45) is 0. The molecule has 0 aliphatic heterocycles. The van der Waals surface area contributed by atoms with Crippen LogP contribution in [0, 0.1) is 0 Å². The van der Waals surface area contributed by atoms with Gasteiger partial charge in [0.1, 0.15) is 19.0 Å². The summed E-state index contributed by atoms with van der Waals surface area (Å²) in [6.45, 7) is -0.199. The number of rotatable bonds is 5. The molecule has 0 heterocycles. The van der Waals surface area contributed by atoms with Crippen molar-refractivity contribution in [1.82, 2.24) is 0 Å². The summed E-state index contributed by atoms with van der Waals surface area (Å²) < 4.78 is 38.6. The van der Waals surface area contributed by atoms with Crippen LogP contribution >= 0.6 is 0 Å². The van der Waals surface area contributed by atoms with E-state index in [-0.39, 0.29) is 13.2 Å². The normalized spacial score (nSPS) is 11.6. The molecule has 0 radical (unpaired) electrons. The highest BCUT2D eigenvalue weighted by molar-refractivity contribution is 7.80. The first kappa shape index (κ1) is 12.8. The van der Waals surface area contributed by atoms with E-state index in [0.717, 1.165) is 10.8 Å². The van der Waals surface area contributed by atoms with E-state index in [1.165, 1.54) is 0 Å². The molecule has 0 saturated heterocycles. The minimum Gasteiger partial charge on any atom is -0.490 e. The zero-order valence-corrected chi connectivity index (χ0v) is 10.3. The van der Waals surface area contributed by atoms with E-state index in [1.54, 1.807) is 6.07 Å². The van der Waals surface area contributed by atoms with Gasteiger partial charge in [-0.1, -0.05) is 36.4 Å². The van der Waals surface area contributed by atoms with Crippen molar-refractivity contribution >= 4 is 21.2 Å². The molecule has 18 heavy (non-hydrogen) atoms. The smallest absolute Gasteiger partial charge is 0.397 e. The Morgan fingerprint density at radius 2 is 1.72 bits per heavy atom. The summed E-state index contributed by atoms with van der Waals surface area (Å²) in [5.74, 6) is 0.645. The SMILES string of the molecule is O=S(=O)(O)OCCOc1cccc2ccccc12. The largest absolute Gasteiger partial charge is 0.490 e. The van der Waals surface area contributed by atoms with E-state index >= 15 is 0 Å². The van der Waals surface area contributed by atoms with Gasteiger partial charge in [0.2, 0.25) is 0 Å². The van der Waals surface area contributed by atoms with Gasteiger partial charge in [-0.05, 0) is 11.5 Å². The van der Waals surface area contributed by atoms with E-state index in [4.69, 9.17) is 9.29 Å². The predicted octanol–water partition coefficient (Wildman–Crippen LogP) is 2.04. The van der Waals surface area contributed by atoms with Crippen molar-refractivity contribution < 1.29 is 21.9 Å². The maximum absolute atomic E-state index is 10.3. The summed E-state index contributed by atoms with van der Waals surface area (Å²) in [5, 5.41) is 1.97. The molecule has 0 atom stereocenters. The Labute approximate surface area is 105 Å². The van der Waals surface area contributed by atoms with Gasteiger partial charge in [0.15, 0.2) is 0 Å². The number of hydrogen-bond acceptors (Lipinski definition) is 4. The molecule has 2 aromatic rings. The third-order valence-electron chi connectivity index (χ3n) is 2.32. The Hall–Kier alpha value is -1.63. The topological polar surface area (TPSA) is 72.8 Å². The van der Waals surface area contributed by atoms with Gasteiger partial charge >= 0.3 is 10.4 Å². The fraction of sp³-hybridized carbons (Fsp3) is 0.167. The Kier molecular flexibility index (Phi) is 3.81. The minimum absolute atomic E-state index is 0.0355. The molecule has 0 amide bonds. The van der Waals surface area contributed by atoms with Crippen molar-refractivity contribution in [2.75, 3.05) is 13.2 Å². The zero-order chi connectivity index (χ0) is 13.0. The highest BCUT2D eigenvalue weighted by atomic mass is 32.3. The molecule has 0 spiro atoms. The van der Waals surface area contributed by atoms with Crippen molar-refractivity contribution in [2.45, 2.75) is 0 Å². The van der Waals surface area contributed by atoms with Crippen LogP contribution in [0.15, 0.2) is 42.5 Å². The zero-order valence-electron chi connectivity index (χ0n) is 9.44. The molecular formula is C12H12O5S. The molecule has 0 aromatic heterocycles. The second-order valence-electron chi connectivity index (χ2n) is 3.58. The first-order valence-electron chi connectivity index (χ1n) is 5.29. The summed E-state index contributed by atoms with van der Waals surface area (Å²) in [7, 11) is -4.40. The van der Waals surface area contributed by atoms with Crippen LogP contribution in [-0.4, -0.2) is 26.2 Å². The second kappa shape index (κ2) is 5.34. The van der Waals surface area contributed by atoms with E-state index in [9.17, 15) is 8.42 Å². The van der Waals surface area contributed by atoms with Gasteiger partial charge in [-0.15, -0.1) is 0 Å². The fourth-order valence-electron chi connectivity index (χ4n) is 1.61. The van der Waals surface area contributed by atoms with Crippen LogP contribution in [0.3, 0.4) is 0 Å². The lowest BCUT2D eigenvalue weighted by Crippen LogP contribution is -2.11. The van der Waals surface area contributed by atoms with Gasteiger partial charge in [-0.25, -0.2) is 4.18 Å². The van der Waals surface area contributed by atoms with Crippen molar-refractivity contribution in [3.8, 4) is 5.75 Å².